The molecular formula is C16H24N2O. The zero-order valence-corrected chi connectivity index (χ0v) is 12.6. The molecule has 0 radical (unpaired) electrons. The van der Waals surface area contributed by atoms with Gasteiger partial charge in [0.05, 0.1) is 11.1 Å². The number of carbonyl (C=O) groups is 1. The molecule has 0 unspecified atom stereocenters. The summed E-state index contributed by atoms with van der Waals surface area (Å²) in [6.45, 7) is 11.7. The Labute approximate surface area is 116 Å². The molecule has 3 nitrogen and oxygen atoms in total. The molecule has 1 N–H and O–H groups in total. The first-order valence-electron chi connectivity index (χ1n) is 6.85. The van der Waals surface area contributed by atoms with Crippen LogP contribution in [0.3, 0.4) is 0 Å². The van der Waals surface area contributed by atoms with E-state index < -0.39 is 5.54 Å². The van der Waals surface area contributed by atoms with E-state index in [1.54, 1.807) is 0 Å². The van der Waals surface area contributed by atoms with Gasteiger partial charge in [-0.05, 0) is 40.2 Å². The fraction of sp³-hybridized carbons (Fsp3) is 0.562. The number of carbonyl (C=O) groups excluding carboxylic acids is 1. The minimum Gasteiger partial charge on any atom is -0.330 e. The van der Waals surface area contributed by atoms with Crippen LogP contribution in [0.5, 0.6) is 0 Å². The largest absolute Gasteiger partial charge is 0.330 e. The van der Waals surface area contributed by atoms with Crippen LogP contribution in [0, 0.1) is 6.92 Å². The van der Waals surface area contributed by atoms with Crippen molar-refractivity contribution in [3.63, 3.8) is 0 Å². The van der Waals surface area contributed by atoms with E-state index in [1.165, 1.54) is 11.1 Å². The smallest absolute Gasteiger partial charge is 0.243 e. The van der Waals surface area contributed by atoms with Gasteiger partial charge in [0, 0.05) is 13.1 Å². The van der Waals surface area contributed by atoms with Crippen molar-refractivity contribution in [3.8, 4) is 0 Å². The summed E-state index contributed by atoms with van der Waals surface area (Å²) < 4.78 is 0. The first-order chi connectivity index (χ1) is 8.72. The van der Waals surface area contributed by atoms with Crippen LogP contribution in [-0.2, 0) is 11.3 Å². The Bertz CT molecular complexity index is 474. The average Bonchev–Trinajstić information content (AvgIpc) is 2.33. The van der Waals surface area contributed by atoms with Gasteiger partial charge in [-0.2, -0.15) is 0 Å². The van der Waals surface area contributed by atoms with Gasteiger partial charge in [0.25, 0.3) is 0 Å². The van der Waals surface area contributed by atoms with E-state index in [2.05, 4.69) is 50.4 Å². The molecule has 1 heterocycles. The molecule has 1 aliphatic heterocycles. The topological polar surface area (TPSA) is 32.3 Å². The molecule has 0 atom stereocenters. The molecule has 104 valence electrons. The highest BCUT2D eigenvalue weighted by Gasteiger charge is 2.44. The van der Waals surface area contributed by atoms with E-state index in [-0.39, 0.29) is 11.4 Å². The van der Waals surface area contributed by atoms with Crippen LogP contribution in [0.2, 0.25) is 0 Å². The van der Waals surface area contributed by atoms with E-state index in [0.717, 1.165) is 6.54 Å². The highest BCUT2D eigenvalue weighted by molar-refractivity contribution is 5.87. The molecule has 1 aromatic carbocycles. The number of amides is 1. The summed E-state index contributed by atoms with van der Waals surface area (Å²) in [5, 5.41) is 3.33. The Morgan fingerprint density at radius 1 is 1.16 bits per heavy atom. The Morgan fingerprint density at radius 3 is 2.32 bits per heavy atom. The second kappa shape index (κ2) is 4.64. The van der Waals surface area contributed by atoms with Crippen LogP contribution in [0.25, 0.3) is 0 Å². The lowest BCUT2D eigenvalue weighted by molar-refractivity contribution is -0.148. The van der Waals surface area contributed by atoms with Gasteiger partial charge in [-0.3, -0.25) is 4.79 Å². The second-order valence-electron chi connectivity index (χ2n) is 6.67. The lowest BCUT2D eigenvalue weighted by atomic mass is 9.90. The van der Waals surface area contributed by atoms with Crippen LogP contribution in [0.4, 0.5) is 0 Å². The van der Waals surface area contributed by atoms with E-state index in [1.807, 2.05) is 18.7 Å². The predicted octanol–water partition coefficient (Wildman–Crippen LogP) is 2.48. The monoisotopic (exact) mass is 260 g/mol. The van der Waals surface area contributed by atoms with Crippen LogP contribution < -0.4 is 5.32 Å². The van der Waals surface area contributed by atoms with Crippen LogP contribution in [0.1, 0.15) is 38.8 Å². The number of hydrogen-bond acceptors (Lipinski definition) is 2. The fourth-order valence-corrected chi connectivity index (χ4v) is 2.38. The first-order valence-corrected chi connectivity index (χ1v) is 6.85. The van der Waals surface area contributed by atoms with Gasteiger partial charge in [0.15, 0.2) is 0 Å². The molecule has 1 saturated heterocycles. The number of rotatable bonds is 2. The van der Waals surface area contributed by atoms with E-state index >= 15 is 0 Å². The molecule has 2 rings (SSSR count). The Hall–Kier alpha value is -1.35. The van der Waals surface area contributed by atoms with Crippen molar-refractivity contribution in [2.24, 2.45) is 0 Å². The maximum absolute atomic E-state index is 12.6. The summed E-state index contributed by atoms with van der Waals surface area (Å²) >= 11 is 0. The number of hydrogen-bond donors (Lipinski definition) is 1. The normalized spacial score (nSPS) is 21.5. The summed E-state index contributed by atoms with van der Waals surface area (Å²) in [4.78, 5) is 14.6. The van der Waals surface area contributed by atoms with Gasteiger partial charge in [-0.1, -0.05) is 29.8 Å². The van der Waals surface area contributed by atoms with Crippen molar-refractivity contribution in [1.82, 2.24) is 10.2 Å². The van der Waals surface area contributed by atoms with E-state index in [9.17, 15) is 4.79 Å². The molecule has 0 aliphatic carbocycles. The SMILES string of the molecule is Cc1ccc(CN2C(=O)C(C)(C)NCC2(C)C)cc1. The number of piperazine rings is 1. The lowest BCUT2D eigenvalue weighted by Gasteiger charge is -2.49. The Kier molecular flexibility index (Phi) is 3.43. The molecule has 0 spiro atoms. The summed E-state index contributed by atoms with van der Waals surface area (Å²) in [5.74, 6) is 0.171. The van der Waals surface area contributed by atoms with Crippen LogP contribution in [-0.4, -0.2) is 28.4 Å². The van der Waals surface area contributed by atoms with E-state index in [0.29, 0.717) is 6.54 Å². The summed E-state index contributed by atoms with van der Waals surface area (Å²) in [7, 11) is 0. The van der Waals surface area contributed by atoms with Crippen molar-refractivity contribution in [2.45, 2.75) is 52.2 Å². The van der Waals surface area contributed by atoms with E-state index in [4.69, 9.17) is 0 Å². The summed E-state index contributed by atoms with van der Waals surface area (Å²) in [6, 6.07) is 8.40. The minimum absolute atomic E-state index is 0.155. The van der Waals surface area contributed by atoms with Gasteiger partial charge >= 0.3 is 0 Å². The number of benzene rings is 1. The molecule has 0 bridgehead atoms. The average molecular weight is 260 g/mol. The molecule has 1 aliphatic rings. The summed E-state index contributed by atoms with van der Waals surface area (Å²) in [5.41, 5.74) is 1.80. The standard InChI is InChI=1S/C16H24N2O/c1-12-6-8-13(9-7-12)10-18-14(19)16(4,5)17-11-15(18,2)3/h6-9,17H,10-11H2,1-5H3. The van der Waals surface area contributed by atoms with Gasteiger partial charge in [-0.25, -0.2) is 0 Å². The lowest BCUT2D eigenvalue weighted by Crippen LogP contribution is -2.68. The zero-order valence-electron chi connectivity index (χ0n) is 12.6. The maximum atomic E-state index is 12.6. The minimum atomic E-state index is -0.472. The molecule has 3 heteroatoms. The Balaban J connectivity index is 2.24. The van der Waals surface area contributed by atoms with Gasteiger partial charge in [0.1, 0.15) is 0 Å². The highest BCUT2D eigenvalue weighted by Crippen LogP contribution is 2.26. The van der Waals surface area contributed by atoms with Gasteiger partial charge in [0.2, 0.25) is 5.91 Å². The highest BCUT2D eigenvalue weighted by atomic mass is 16.2. The van der Waals surface area contributed by atoms with Crippen LogP contribution in [0.15, 0.2) is 24.3 Å². The van der Waals surface area contributed by atoms with Crippen molar-refractivity contribution in [3.05, 3.63) is 35.4 Å². The molecule has 0 saturated carbocycles. The zero-order chi connectivity index (χ0) is 14.3. The third-order valence-corrected chi connectivity index (χ3v) is 3.93. The summed E-state index contributed by atoms with van der Waals surface area (Å²) in [6.07, 6.45) is 0. The predicted molar refractivity (Wildman–Crippen MR) is 77.9 cm³/mol. The quantitative estimate of drug-likeness (QED) is 0.886. The van der Waals surface area contributed by atoms with Gasteiger partial charge in [-0.15, -0.1) is 0 Å². The molecule has 1 fully saturated rings. The maximum Gasteiger partial charge on any atom is 0.243 e. The third-order valence-electron chi connectivity index (χ3n) is 3.93. The fourth-order valence-electron chi connectivity index (χ4n) is 2.38. The van der Waals surface area contributed by atoms with Crippen molar-refractivity contribution in [2.75, 3.05) is 6.54 Å². The Morgan fingerprint density at radius 2 is 1.74 bits per heavy atom. The first kappa shape index (κ1) is 14.1. The number of nitrogens with one attached hydrogen (secondary N) is 1. The van der Waals surface area contributed by atoms with Crippen LogP contribution >= 0.6 is 0 Å². The van der Waals surface area contributed by atoms with Crippen molar-refractivity contribution < 1.29 is 4.79 Å². The van der Waals surface area contributed by atoms with Crippen molar-refractivity contribution in [1.29, 1.82) is 0 Å². The second-order valence-corrected chi connectivity index (χ2v) is 6.67. The number of nitrogens with zero attached hydrogens (tertiary/aromatic N) is 1. The van der Waals surface area contributed by atoms with Gasteiger partial charge < -0.3 is 10.2 Å². The molecule has 19 heavy (non-hydrogen) atoms. The molecule has 1 aromatic rings. The molecule has 0 aromatic heterocycles. The van der Waals surface area contributed by atoms with Crippen molar-refractivity contribution >= 4 is 5.91 Å². The molecule has 1 amide bonds. The molecular weight excluding hydrogens is 236 g/mol. The third kappa shape index (κ3) is 2.81. The number of aryl methyl sites for hydroxylation is 1.